The van der Waals surface area contributed by atoms with E-state index in [9.17, 15) is 9.18 Å². The van der Waals surface area contributed by atoms with Gasteiger partial charge in [0.2, 0.25) is 0 Å². The SMILES string of the molecule is COC(=O)[C@H]1CNCCN1CCCc1c(F)cnc2ccc(C)cc12. The van der Waals surface area contributed by atoms with E-state index >= 15 is 0 Å². The Bertz CT molecular complexity index is 760. The van der Waals surface area contributed by atoms with Crippen LogP contribution in [-0.2, 0) is 16.0 Å². The zero-order valence-electron chi connectivity index (χ0n) is 14.7. The van der Waals surface area contributed by atoms with Crippen molar-refractivity contribution in [1.29, 1.82) is 0 Å². The molecule has 0 saturated carbocycles. The van der Waals surface area contributed by atoms with Crippen LogP contribution in [0.15, 0.2) is 24.4 Å². The molecule has 0 aliphatic carbocycles. The van der Waals surface area contributed by atoms with Gasteiger partial charge in [-0.05, 0) is 44.0 Å². The van der Waals surface area contributed by atoms with Crippen molar-refractivity contribution in [3.63, 3.8) is 0 Å². The van der Waals surface area contributed by atoms with Gasteiger partial charge in [-0.3, -0.25) is 14.7 Å². The summed E-state index contributed by atoms with van der Waals surface area (Å²) in [4.78, 5) is 18.2. The number of benzene rings is 1. The number of pyridine rings is 1. The lowest BCUT2D eigenvalue weighted by atomic mass is 10.0. The third-order valence-corrected chi connectivity index (χ3v) is 4.78. The van der Waals surface area contributed by atoms with Crippen LogP contribution in [0.3, 0.4) is 0 Å². The summed E-state index contributed by atoms with van der Waals surface area (Å²) in [6.45, 7) is 4.96. The zero-order chi connectivity index (χ0) is 17.8. The van der Waals surface area contributed by atoms with Gasteiger partial charge in [0.05, 0.1) is 18.8 Å². The van der Waals surface area contributed by atoms with Gasteiger partial charge in [-0.2, -0.15) is 0 Å². The molecule has 1 fully saturated rings. The lowest BCUT2D eigenvalue weighted by Crippen LogP contribution is -2.55. The Morgan fingerprint density at radius 3 is 3.12 bits per heavy atom. The number of nitrogens with zero attached hydrogens (tertiary/aromatic N) is 2. The van der Waals surface area contributed by atoms with Gasteiger partial charge in [0.1, 0.15) is 11.9 Å². The number of carbonyl (C=O) groups is 1. The largest absolute Gasteiger partial charge is 0.468 e. The normalized spacial score (nSPS) is 18.4. The molecule has 0 radical (unpaired) electrons. The molecule has 0 amide bonds. The number of rotatable bonds is 5. The van der Waals surface area contributed by atoms with Crippen molar-refractivity contribution >= 4 is 16.9 Å². The minimum atomic E-state index is -0.264. The van der Waals surface area contributed by atoms with Crippen LogP contribution >= 0.6 is 0 Å². The van der Waals surface area contributed by atoms with Gasteiger partial charge >= 0.3 is 5.97 Å². The molecule has 3 rings (SSSR count). The van der Waals surface area contributed by atoms with Crippen LogP contribution in [0.2, 0.25) is 0 Å². The Morgan fingerprint density at radius 1 is 1.48 bits per heavy atom. The Hall–Kier alpha value is -2.05. The van der Waals surface area contributed by atoms with Gasteiger partial charge in [-0.25, -0.2) is 4.39 Å². The predicted molar refractivity (Wildman–Crippen MR) is 95.0 cm³/mol. The van der Waals surface area contributed by atoms with Crippen LogP contribution in [0.25, 0.3) is 10.9 Å². The molecule has 25 heavy (non-hydrogen) atoms. The maximum Gasteiger partial charge on any atom is 0.324 e. The summed E-state index contributed by atoms with van der Waals surface area (Å²) >= 11 is 0. The number of hydrogen-bond donors (Lipinski definition) is 1. The van der Waals surface area contributed by atoms with Crippen molar-refractivity contribution in [2.45, 2.75) is 25.8 Å². The van der Waals surface area contributed by atoms with Gasteiger partial charge in [-0.1, -0.05) is 11.6 Å². The molecule has 1 aromatic carbocycles. The maximum atomic E-state index is 14.3. The number of halogens is 1. The highest BCUT2D eigenvalue weighted by atomic mass is 19.1. The second kappa shape index (κ2) is 7.89. The lowest BCUT2D eigenvalue weighted by molar-refractivity contribution is -0.147. The minimum absolute atomic E-state index is 0.219. The number of ether oxygens (including phenoxy) is 1. The number of fused-ring (bicyclic) bond motifs is 1. The number of aryl methyl sites for hydroxylation is 2. The smallest absolute Gasteiger partial charge is 0.324 e. The van der Waals surface area contributed by atoms with E-state index in [1.54, 1.807) is 0 Å². The number of nitrogens with one attached hydrogen (secondary N) is 1. The second-order valence-electron chi connectivity index (χ2n) is 6.49. The number of carbonyl (C=O) groups excluding carboxylic acids is 1. The molecule has 1 saturated heterocycles. The van der Waals surface area contributed by atoms with Gasteiger partial charge < -0.3 is 10.1 Å². The van der Waals surface area contributed by atoms with Crippen molar-refractivity contribution in [2.24, 2.45) is 0 Å². The summed E-state index contributed by atoms with van der Waals surface area (Å²) in [6.07, 6.45) is 2.69. The summed E-state index contributed by atoms with van der Waals surface area (Å²) in [5.41, 5.74) is 2.61. The Labute approximate surface area is 147 Å². The highest BCUT2D eigenvalue weighted by Crippen LogP contribution is 2.22. The second-order valence-corrected chi connectivity index (χ2v) is 6.49. The molecule has 6 heteroatoms. The van der Waals surface area contributed by atoms with Crippen molar-refractivity contribution in [1.82, 2.24) is 15.2 Å². The summed E-state index contributed by atoms with van der Waals surface area (Å²) in [6, 6.07) is 5.64. The fourth-order valence-electron chi connectivity index (χ4n) is 3.43. The summed E-state index contributed by atoms with van der Waals surface area (Å²) in [5.74, 6) is -0.480. The Kier molecular flexibility index (Phi) is 5.60. The standard InChI is InChI=1S/C19H24FN3O2/c1-13-5-6-17-15(10-13)14(16(20)11-22-17)4-3-8-23-9-7-21-12-18(23)19(24)25-2/h5-6,10-11,18,21H,3-4,7-9,12H2,1-2H3/t18-/m1/s1. The lowest BCUT2D eigenvalue weighted by Gasteiger charge is -2.34. The molecule has 1 N–H and O–H groups in total. The molecular formula is C19H24FN3O2. The first kappa shape index (κ1) is 17.8. The Balaban J connectivity index is 1.71. The summed E-state index contributed by atoms with van der Waals surface area (Å²) < 4.78 is 19.2. The van der Waals surface area contributed by atoms with E-state index in [1.165, 1.54) is 13.3 Å². The van der Waals surface area contributed by atoms with E-state index < -0.39 is 0 Å². The van der Waals surface area contributed by atoms with E-state index in [0.29, 0.717) is 18.5 Å². The quantitative estimate of drug-likeness (QED) is 0.841. The topological polar surface area (TPSA) is 54.5 Å². The van der Waals surface area contributed by atoms with Crippen LogP contribution < -0.4 is 5.32 Å². The molecule has 134 valence electrons. The van der Waals surface area contributed by atoms with Gasteiger partial charge in [0.25, 0.3) is 0 Å². The molecule has 0 bridgehead atoms. The number of aromatic nitrogens is 1. The molecule has 1 aliphatic heterocycles. The summed E-state index contributed by atoms with van der Waals surface area (Å²) in [7, 11) is 1.41. The molecule has 1 aromatic heterocycles. The highest BCUT2D eigenvalue weighted by molar-refractivity contribution is 5.82. The molecule has 2 aromatic rings. The molecule has 0 unspecified atom stereocenters. The van der Waals surface area contributed by atoms with Crippen molar-refractivity contribution in [2.75, 3.05) is 33.3 Å². The molecule has 1 aliphatic rings. The van der Waals surface area contributed by atoms with Gasteiger partial charge in [0, 0.05) is 25.0 Å². The van der Waals surface area contributed by atoms with E-state index in [1.807, 2.05) is 25.1 Å². The molecule has 1 atom stereocenters. The number of piperazine rings is 1. The molecule has 5 nitrogen and oxygen atoms in total. The first-order valence-electron chi connectivity index (χ1n) is 8.66. The average molecular weight is 345 g/mol. The number of esters is 1. The Morgan fingerprint density at radius 2 is 2.32 bits per heavy atom. The van der Waals surface area contributed by atoms with Crippen molar-refractivity contribution in [3.8, 4) is 0 Å². The molecule has 0 spiro atoms. The van der Waals surface area contributed by atoms with Gasteiger partial charge in [0.15, 0.2) is 0 Å². The zero-order valence-corrected chi connectivity index (χ0v) is 14.7. The van der Waals surface area contributed by atoms with Crippen molar-refractivity contribution < 1.29 is 13.9 Å². The first-order valence-corrected chi connectivity index (χ1v) is 8.66. The van der Waals surface area contributed by atoms with E-state index in [4.69, 9.17) is 4.74 Å². The predicted octanol–water partition coefficient (Wildman–Crippen LogP) is 2.06. The van der Waals surface area contributed by atoms with E-state index in [-0.39, 0.29) is 17.8 Å². The monoisotopic (exact) mass is 345 g/mol. The number of methoxy groups -OCH3 is 1. The van der Waals surface area contributed by atoms with Crippen LogP contribution in [0.4, 0.5) is 4.39 Å². The third kappa shape index (κ3) is 3.96. The van der Waals surface area contributed by atoms with Crippen LogP contribution in [0, 0.1) is 12.7 Å². The average Bonchev–Trinajstić information content (AvgIpc) is 2.63. The first-order chi connectivity index (χ1) is 12.1. The fraction of sp³-hybridized carbons (Fsp3) is 0.474. The van der Waals surface area contributed by atoms with E-state index in [2.05, 4.69) is 15.2 Å². The number of hydrogen-bond acceptors (Lipinski definition) is 5. The fourth-order valence-corrected chi connectivity index (χ4v) is 3.43. The molecular weight excluding hydrogens is 321 g/mol. The molecule has 2 heterocycles. The van der Waals surface area contributed by atoms with Gasteiger partial charge in [-0.15, -0.1) is 0 Å². The van der Waals surface area contributed by atoms with Crippen LogP contribution in [-0.4, -0.2) is 55.2 Å². The minimum Gasteiger partial charge on any atom is -0.468 e. The van der Waals surface area contributed by atoms with Crippen molar-refractivity contribution in [3.05, 3.63) is 41.3 Å². The highest BCUT2D eigenvalue weighted by Gasteiger charge is 2.28. The maximum absolute atomic E-state index is 14.3. The summed E-state index contributed by atoms with van der Waals surface area (Å²) in [5, 5.41) is 4.10. The van der Waals surface area contributed by atoms with Crippen LogP contribution in [0.1, 0.15) is 17.5 Å². The van der Waals surface area contributed by atoms with Crippen LogP contribution in [0.5, 0.6) is 0 Å². The van der Waals surface area contributed by atoms with E-state index in [0.717, 1.165) is 42.5 Å². The third-order valence-electron chi connectivity index (χ3n) is 4.78.